The number of halogens is 1. The van der Waals surface area contributed by atoms with Gasteiger partial charge in [0, 0.05) is 17.0 Å². The maximum Gasteiger partial charge on any atom is 0.331 e. The Morgan fingerprint density at radius 1 is 1.28 bits per heavy atom. The summed E-state index contributed by atoms with van der Waals surface area (Å²) in [6.45, 7) is 0. The fourth-order valence-electron chi connectivity index (χ4n) is 1.29. The average molecular weight is 270 g/mol. The van der Waals surface area contributed by atoms with Gasteiger partial charge in [0.2, 0.25) is 0 Å². The van der Waals surface area contributed by atoms with Crippen molar-refractivity contribution in [3.63, 3.8) is 0 Å². The molecule has 1 atom stereocenters. The molecule has 6 heteroatoms. The predicted molar refractivity (Wildman–Crippen MR) is 67.3 cm³/mol. The van der Waals surface area contributed by atoms with Crippen LogP contribution < -0.4 is 5.73 Å². The molecule has 96 valence electrons. The molecule has 0 bridgehead atoms. The molecule has 0 aliphatic rings. The Morgan fingerprint density at radius 2 is 1.83 bits per heavy atom. The van der Waals surface area contributed by atoms with Gasteiger partial charge in [-0.25, -0.2) is 4.79 Å². The second kappa shape index (κ2) is 6.18. The lowest BCUT2D eigenvalue weighted by Gasteiger charge is -2.07. The molecule has 0 heterocycles. The van der Waals surface area contributed by atoms with Gasteiger partial charge in [0.1, 0.15) is 6.04 Å². The molecule has 4 N–H and O–H groups in total. The average Bonchev–Trinajstić information content (AvgIpc) is 2.30. The molecule has 0 radical (unpaired) electrons. The highest BCUT2D eigenvalue weighted by molar-refractivity contribution is 6.30. The highest BCUT2D eigenvalue weighted by Gasteiger charge is 2.17. The highest BCUT2D eigenvalue weighted by atomic mass is 35.5. The number of rotatable bonds is 5. The third-order valence-corrected chi connectivity index (χ3v) is 2.49. The number of hydrogen-bond acceptors (Lipinski definition) is 3. The minimum absolute atomic E-state index is 0.0628. The van der Waals surface area contributed by atoms with Crippen molar-refractivity contribution in [2.24, 2.45) is 5.73 Å². The quantitative estimate of drug-likeness (QED) is 0.705. The van der Waals surface area contributed by atoms with Gasteiger partial charge in [-0.3, -0.25) is 4.79 Å². The van der Waals surface area contributed by atoms with Crippen molar-refractivity contribution in [3.05, 3.63) is 40.4 Å². The first-order valence-corrected chi connectivity index (χ1v) is 5.45. The summed E-state index contributed by atoms with van der Waals surface area (Å²) in [5.41, 5.74) is 5.87. The fraction of sp³-hybridized carbons (Fsp3) is 0.167. The summed E-state index contributed by atoms with van der Waals surface area (Å²) in [7, 11) is 0. The lowest BCUT2D eigenvalue weighted by Crippen LogP contribution is -2.31. The molecule has 0 saturated heterocycles. The van der Waals surface area contributed by atoms with Crippen molar-refractivity contribution >= 4 is 29.6 Å². The van der Waals surface area contributed by atoms with E-state index in [-0.39, 0.29) is 12.0 Å². The molecule has 0 unspecified atom stereocenters. The molecule has 18 heavy (non-hydrogen) atoms. The third kappa shape index (κ3) is 4.20. The van der Waals surface area contributed by atoms with Crippen molar-refractivity contribution < 1.29 is 19.8 Å². The Hall–Kier alpha value is -1.85. The summed E-state index contributed by atoms with van der Waals surface area (Å²) in [5.74, 6) is -2.43. The van der Waals surface area contributed by atoms with Crippen molar-refractivity contribution in [1.82, 2.24) is 0 Å². The molecule has 0 aromatic heterocycles. The number of hydrogen-bond donors (Lipinski definition) is 3. The predicted octanol–water partition coefficient (Wildman–Crippen LogP) is 1.61. The monoisotopic (exact) mass is 269 g/mol. The van der Waals surface area contributed by atoms with Gasteiger partial charge in [-0.2, -0.15) is 0 Å². The van der Waals surface area contributed by atoms with E-state index in [0.717, 1.165) is 0 Å². The lowest BCUT2D eigenvalue weighted by atomic mass is 10.0. The molecule has 0 fully saturated rings. The van der Waals surface area contributed by atoms with Crippen LogP contribution in [-0.4, -0.2) is 28.2 Å². The molecular formula is C12H12ClNO4. The zero-order chi connectivity index (χ0) is 13.7. The summed E-state index contributed by atoms with van der Waals surface area (Å²) < 4.78 is 0. The minimum atomic E-state index is -1.24. The molecule has 5 nitrogen and oxygen atoms in total. The van der Waals surface area contributed by atoms with E-state index in [1.54, 1.807) is 24.3 Å². The molecule has 0 saturated carbocycles. The summed E-state index contributed by atoms with van der Waals surface area (Å²) in [5, 5.41) is 18.2. The number of benzene rings is 1. The Balaban J connectivity index is 2.94. The summed E-state index contributed by atoms with van der Waals surface area (Å²) in [4.78, 5) is 21.6. The number of carboxylic acid groups (broad SMARTS) is 2. The van der Waals surface area contributed by atoms with Gasteiger partial charge in [0.05, 0.1) is 0 Å². The Morgan fingerprint density at radius 3 is 2.28 bits per heavy atom. The molecule has 1 rings (SSSR count). The first-order valence-electron chi connectivity index (χ1n) is 5.08. The molecular weight excluding hydrogens is 258 g/mol. The van der Waals surface area contributed by atoms with Gasteiger partial charge in [0.25, 0.3) is 0 Å². The molecule has 1 aromatic rings. The summed E-state index contributed by atoms with van der Waals surface area (Å²) >= 11 is 5.70. The number of nitrogens with two attached hydrogens (primary N) is 1. The van der Waals surface area contributed by atoms with E-state index >= 15 is 0 Å². The van der Waals surface area contributed by atoms with Crippen molar-refractivity contribution in [2.75, 3.05) is 0 Å². The number of carbonyl (C=O) groups is 2. The van der Waals surface area contributed by atoms with Crippen LogP contribution in [0.2, 0.25) is 5.02 Å². The van der Waals surface area contributed by atoms with Crippen LogP contribution in [0.3, 0.4) is 0 Å². The van der Waals surface area contributed by atoms with Crippen LogP contribution in [0, 0.1) is 0 Å². The van der Waals surface area contributed by atoms with Gasteiger partial charge in [0.15, 0.2) is 0 Å². The minimum Gasteiger partial charge on any atom is -0.480 e. The maximum atomic E-state index is 11.0. The highest BCUT2D eigenvalue weighted by Crippen LogP contribution is 2.15. The van der Waals surface area contributed by atoms with Gasteiger partial charge >= 0.3 is 11.9 Å². The lowest BCUT2D eigenvalue weighted by molar-refractivity contribution is -0.138. The summed E-state index contributed by atoms with van der Waals surface area (Å²) in [6.07, 6.45) is 1.13. The van der Waals surface area contributed by atoms with E-state index in [2.05, 4.69) is 0 Å². The smallest absolute Gasteiger partial charge is 0.331 e. The van der Waals surface area contributed by atoms with Crippen molar-refractivity contribution in [2.45, 2.75) is 12.5 Å². The van der Waals surface area contributed by atoms with Crippen LogP contribution >= 0.6 is 11.6 Å². The molecule has 0 amide bonds. The van der Waals surface area contributed by atoms with Gasteiger partial charge < -0.3 is 15.9 Å². The van der Waals surface area contributed by atoms with E-state index in [4.69, 9.17) is 27.5 Å². The largest absolute Gasteiger partial charge is 0.480 e. The zero-order valence-corrected chi connectivity index (χ0v) is 10.1. The topological polar surface area (TPSA) is 101 Å². The van der Waals surface area contributed by atoms with E-state index in [9.17, 15) is 9.59 Å². The third-order valence-electron chi connectivity index (χ3n) is 2.24. The second-order valence-corrected chi connectivity index (χ2v) is 4.11. The van der Waals surface area contributed by atoms with Crippen LogP contribution in [0.5, 0.6) is 0 Å². The Bertz CT molecular complexity index is 481. The van der Waals surface area contributed by atoms with E-state index < -0.39 is 18.0 Å². The van der Waals surface area contributed by atoms with Gasteiger partial charge in [-0.05, 0) is 23.8 Å². The van der Waals surface area contributed by atoms with E-state index in [0.29, 0.717) is 10.6 Å². The fourth-order valence-corrected chi connectivity index (χ4v) is 1.42. The Labute approximate surface area is 108 Å². The maximum absolute atomic E-state index is 11.0. The van der Waals surface area contributed by atoms with Gasteiger partial charge in [-0.1, -0.05) is 23.7 Å². The SMILES string of the molecule is N[C@@H](CC(=Cc1ccc(Cl)cc1)C(=O)O)C(=O)O. The molecule has 0 spiro atoms. The van der Waals surface area contributed by atoms with Crippen LogP contribution in [0.4, 0.5) is 0 Å². The molecule has 0 aliphatic carbocycles. The van der Waals surface area contributed by atoms with E-state index in [1.165, 1.54) is 6.08 Å². The molecule has 0 aliphatic heterocycles. The van der Waals surface area contributed by atoms with Crippen LogP contribution in [0.1, 0.15) is 12.0 Å². The van der Waals surface area contributed by atoms with Crippen LogP contribution in [0.15, 0.2) is 29.8 Å². The van der Waals surface area contributed by atoms with Crippen molar-refractivity contribution in [1.29, 1.82) is 0 Å². The van der Waals surface area contributed by atoms with Crippen LogP contribution in [0.25, 0.3) is 6.08 Å². The molecule has 1 aromatic carbocycles. The first-order chi connectivity index (χ1) is 8.40. The van der Waals surface area contributed by atoms with Gasteiger partial charge in [-0.15, -0.1) is 0 Å². The standard InChI is InChI=1S/C12H12ClNO4/c13-9-3-1-7(2-4-9)5-8(11(15)16)6-10(14)12(17)18/h1-5,10H,6,14H2,(H,15,16)(H,17,18)/t10-/m0/s1. The first kappa shape index (κ1) is 14.2. The second-order valence-electron chi connectivity index (χ2n) is 3.68. The normalized spacial score (nSPS) is 13.1. The van der Waals surface area contributed by atoms with Crippen LogP contribution in [-0.2, 0) is 9.59 Å². The number of carboxylic acids is 2. The van der Waals surface area contributed by atoms with E-state index in [1.807, 2.05) is 0 Å². The number of aliphatic carboxylic acids is 2. The Kier molecular flexibility index (Phi) is 4.88. The van der Waals surface area contributed by atoms with Crippen molar-refractivity contribution in [3.8, 4) is 0 Å². The zero-order valence-electron chi connectivity index (χ0n) is 9.34. The summed E-state index contributed by atoms with van der Waals surface area (Å²) in [6, 6.07) is 5.27.